The highest BCUT2D eigenvalue weighted by atomic mass is 32.2. The van der Waals surface area contributed by atoms with E-state index in [9.17, 15) is 33.0 Å². The Kier molecular flexibility index (Phi) is 6.59. The summed E-state index contributed by atoms with van der Waals surface area (Å²) < 4.78 is 25.6. The van der Waals surface area contributed by atoms with Crippen LogP contribution in [0.1, 0.15) is 31.7 Å². The van der Waals surface area contributed by atoms with Crippen LogP contribution < -0.4 is 0 Å². The van der Waals surface area contributed by atoms with Crippen LogP contribution in [-0.4, -0.2) is 64.5 Å². The van der Waals surface area contributed by atoms with Crippen molar-refractivity contribution in [2.24, 2.45) is 0 Å². The first-order valence-electron chi connectivity index (χ1n) is 8.69. The van der Waals surface area contributed by atoms with Gasteiger partial charge in [-0.25, -0.2) is 13.2 Å². The van der Waals surface area contributed by atoms with Gasteiger partial charge in [0.25, 0.3) is 0 Å². The first kappa shape index (κ1) is 20.9. The zero-order valence-electron chi connectivity index (χ0n) is 14.9. The molecule has 2 rings (SSSR count). The highest BCUT2D eigenvalue weighted by molar-refractivity contribution is 7.94. The average molecular weight is 397 g/mol. The fourth-order valence-corrected chi connectivity index (χ4v) is 4.92. The number of amides is 1. The molecule has 1 aliphatic heterocycles. The molecule has 0 aliphatic carbocycles. The number of benzene rings is 1. The van der Waals surface area contributed by atoms with Gasteiger partial charge in [-0.1, -0.05) is 30.3 Å². The maximum atomic E-state index is 12.8. The Morgan fingerprint density at radius 1 is 1.19 bits per heavy atom. The molecule has 1 aliphatic rings. The van der Waals surface area contributed by atoms with Crippen molar-refractivity contribution in [1.29, 1.82) is 0 Å². The standard InChI is InChI=1S/C18H23NO7S/c1-12(16(20)19-11-5-8-14(19)17(21)22)27(25,26)15(18(23)24)10-9-13-6-3-2-4-7-13/h2-4,6-7,12,14-15H,5,8-11H2,1H3,(H,21,22)(H,23,24)/t12?,14-,15?/m0/s1. The second-order valence-corrected chi connectivity index (χ2v) is 9.06. The van der Waals surface area contributed by atoms with Crippen LogP contribution in [-0.2, 0) is 30.6 Å². The maximum absolute atomic E-state index is 12.8. The van der Waals surface area contributed by atoms with Gasteiger partial charge in [0.1, 0.15) is 11.3 Å². The summed E-state index contributed by atoms with van der Waals surface area (Å²) in [4.78, 5) is 36.5. The molecule has 0 radical (unpaired) electrons. The Balaban J connectivity index is 2.17. The SMILES string of the molecule is CC(C(=O)N1CCC[C@H]1C(=O)O)S(=O)(=O)C(CCc1ccccc1)C(=O)O. The van der Waals surface area contributed by atoms with Gasteiger partial charge in [0.2, 0.25) is 5.91 Å². The molecule has 148 valence electrons. The third kappa shape index (κ3) is 4.65. The normalized spacial score (nSPS) is 19.4. The summed E-state index contributed by atoms with van der Waals surface area (Å²) in [6, 6.07) is 7.80. The van der Waals surface area contributed by atoms with Crippen LogP contribution in [0, 0.1) is 0 Å². The third-order valence-electron chi connectivity index (χ3n) is 4.87. The number of rotatable bonds is 8. The number of carbonyl (C=O) groups is 3. The molecule has 1 heterocycles. The number of carbonyl (C=O) groups excluding carboxylic acids is 1. The van der Waals surface area contributed by atoms with E-state index < -0.39 is 44.2 Å². The van der Waals surface area contributed by atoms with Crippen molar-refractivity contribution >= 4 is 27.7 Å². The highest BCUT2D eigenvalue weighted by Crippen LogP contribution is 2.23. The molecule has 1 amide bonds. The Hall–Kier alpha value is -2.42. The highest BCUT2D eigenvalue weighted by Gasteiger charge is 2.44. The molecule has 1 fully saturated rings. The van der Waals surface area contributed by atoms with E-state index in [0.717, 1.165) is 17.4 Å². The topological polar surface area (TPSA) is 129 Å². The molecule has 2 N–H and O–H groups in total. The molecule has 8 nitrogen and oxygen atoms in total. The van der Waals surface area contributed by atoms with Gasteiger partial charge in [-0.15, -0.1) is 0 Å². The number of likely N-dealkylation sites (tertiary alicyclic amines) is 1. The molecule has 3 atom stereocenters. The van der Waals surface area contributed by atoms with Crippen LogP contribution in [0.4, 0.5) is 0 Å². The van der Waals surface area contributed by atoms with Crippen molar-refractivity contribution in [3.8, 4) is 0 Å². The molecule has 0 bridgehead atoms. The molecule has 1 saturated heterocycles. The van der Waals surface area contributed by atoms with Crippen molar-refractivity contribution < 1.29 is 33.0 Å². The van der Waals surface area contributed by atoms with E-state index in [0.29, 0.717) is 6.42 Å². The Morgan fingerprint density at radius 2 is 1.81 bits per heavy atom. The molecule has 0 aromatic heterocycles. The Labute approximate surface area is 157 Å². The van der Waals surface area contributed by atoms with Gasteiger partial charge in [-0.3, -0.25) is 9.59 Å². The van der Waals surface area contributed by atoms with E-state index in [4.69, 9.17) is 0 Å². The number of carboxylic acid groups (broad SMARTS) is 2. The fraction of sp³-hybridized carbons (Fsp3) is 0.500. The molecule has 0 saturated carbocycles. The van der Waals surface area contributed by atoms with Gasteiger partial charge in [0.05, 0.1) is 0 Å². The lowest BCUT2D eigenvalue weighted by atomic mass is 10.1. The molecule has 1 aromatic carbocycles. The average Bonchev–Trinajstić information content (AvgIpc) is 3.11. The van der Waals surface area contributed by atoms with Crippen LogP contribution in [0.2, 0.25) is 0 Å². The molecule has 9 heteroatoms. The van der Waals surface area contributed by atoms with E-state index in [2.05, 4.69) is 0 Å². The number of nitrogens with zero attached hydrogens (tertiary/aromatic N) is 1. The van der Waals surface area contributed by atoms with Crippen molar-refractivity contribution in [1.82, 2.24) is 4.90 Å². The van der Waals surface area contributed by atoms with Crippen LogP contribution in [0.5, 0.6) is 0 Å². The van der Waals surface area contributed by atoms with Crippen LogP contribution in [0.3, 0.4) is 0 Å². The van der Waals surface area contributed by atoms with Crippen LogP contribution in [0.15, 0.2) is 30.3 Å². The Bertz CT molecular complexity index is 806. The third-order valence-corrected chi connectivity index (χ3v) is 7.29. The van der Waals surface area contributed by atoms with Gasteiger partial charge >= 0.3 is 11.9 Å². The van der Waals surface area contributed by atoms with E-state index in [1.54, 1.807) is 30.3 Å². The molecule has 2 unspecified atom stereocenters. The quantitative estimate of drug-likeness (QED) is 0.668. The van der Waals surface area contributed by atoms with E-state index in [1.807, 2.05) is 0 Å². The number of hydrogen-bond acceptors (Lipinski definition) is 5. The van der Waals surface area contributed by atoms with Crippen molar-refractivity contribution in [3.63, 3.8) is 0 Å². The summed E-state index contributed by atoms with van der Waals surface area (Å²) in [5.74, 6) is -3.56. The lowest BCUT2D eigenvalue weighted by Gasteiger charge is -2.26. The molecular weight excluding hydrogens is 374 g/mol. The van der Waals surface area contributed by atoms with Gasteiger partial charge < -0.3 is 15.1 Å². The van der Waals surface area contributed by atoms with Crippen molar-refractivity contribution in [3.05, 3.63) is 35.9 Å². The lowest BCUT2D eigenvalue weighted by Crippen LogP contribution is -2.49. The van der Waals surface area contributed by atoms with Gasteiger partial charge in [-0.05, 0) is 38.2 Å². The Morgan fingerprint density at radius 3 is 2.37 bits per heavy atom. The number of aliphatic carboxylic acids is 2. The first-order chi connectivity index (χ1) is 12.7. The molecule has 1 aromatic rings. The largest absolute Gasteiger partial charge is 0.480 e. The van der Waals surface area contributed by atoms with Crippen molar-refractivity contribution in [2.45, 2.75) is 49.1 Å². The molecule has 0 spiro atoms. The van der Waals surface area contributed by atoms with Crippen molar-refractivity contribution in [2.75, 3.05) is 6.54 Å². The number of sulfone groups is 1. The van der Waals surface area contributed by atoms with Crippen LogP contribution in [0.25, 0.3) is 0 Å². The zero-order chi connectivity index (χ0) is 20.2. The van der Waals surface area contributed by atoms with Gasteiger partial charge in [0.15, 0.2) is 15.1 Å². The second-order valence-electron chi connectivity index (χ2n) is 6.61. The summed E-state index contributed by atoms with van der Waals surface area (Å²) >= 11 is 0. The molecule has 27 heavy (non-hydrogen) atoms. The summed E-state index contributed by atoms with van der Waals surface area (Å²) in [5, 5.41) is 15.3. The first-order valence-corrected chi connectivity index (χ1v) is 10.3. The van der Waals surface area contributed by atoms with E-state index in [-0.39, 0.29) is 25.8 Å². The monoisotopic (exact) mass is 397 g/mol. The number of carboxylic acids is 2. The predicted molar refractivity (Wildman–Crippen MR) is 96.9 cm³/mol. The summed E-state index contributed by atoms with van der Waals surface area (Å²) in [7, 11) is -4.34. The summed E-state index contributed by atoms with van der Waals surface area (Å²) in [6.45, 7) is 1.28. The van der Waals surface area contributed by atoms with E-state index >= 15 is 0 Å². The summed E-state index contributed by atoms with van der Waals surface area (Å²) in [5.41, 5.74) is 0.795. The lowest BCUT2D eigenvalue weighted by molar-refractivity contribution is -0.148. The minimum atomic E-state index is -4.34. The van der Waals surface area contributed by atoms with Crippen LogP contribution >= 0.6 is 0 Å². The smallest absolute Gasteiger partial charge is 0.326 e. The minimum Gasteiger partial charge on any atom is -0.480 e. The second kappa shape index (κ2) is 8.51. The van der Waals surface area contributed by atoms with Gasteiger partial charge in [0, 0.05) is 6.54 Å². The fourth-order valence-electron chi connectivity index (χ4n) is 3.28. The zero-order valence-corrected chi connectivity index (χ0v) is 15.8. The van der Waals surface area contributed by atoms with E-state index in [1.165, 1.54) is 0 Å². The van der Waals surface area contributed by atoms with Gasteiger partial charge in [-0.2, -0.15) is 0 Å². The number of hydrogen-bond donors (Lipinski definition) is 2. The maximum Gasteiger partial charge on any atom is 0.326 e. The summed E-state index contributed by atoms with van der Waals surface area (Å²) in [6.07, 6.45) is 0.789. The predicted octanol–water partition coefficient (Wildman–Crippen LogP) is 0.951. The minimum absolute atomic E-state index is 0.150. The number of aryl methyl sites for hydroxylation is 1. The molecular formula is C18H23NO7S.